The van der Waals surface area contributed by atoms with Crippen molar-refractivity contribution in [1.82, 2.24) is 0 Å². The molecule has 3 rings (SSSR count). The van der Waals surface area contributed by atoms with Crippen molar-refractivity contribution in [2.24, 2.45) is 0 Å². The molecule has 2 aromatic carbocycles. The smallest absolute Gasteiger partial charge is 0.105 e. The first-order valence-corrected chi connectivity index (χ1v) is 5.27. The molecule has 1 aliphatic rings. The van der Waals surface area contributed by atoms with Crippen LogP contribution in [0.15, 0.2) is 42.5 Å². The minimum absolute atomic E-state index is 0.205. The first-order valence-electron chi connectivity index (χ1n) is 4.70. The summed E-state index contributed by atoms with van der Waals surface area (Å²) in [4.78, 5) is 0. The highest BCUT2D eigenvalue weighted by Gasteiger charge is 2.35. The summed E-state index contributed by atoms with van der Waals surface area (Å²) in [6.07, 6.45) is 0.247. The fourth-order valence-corrected chi connectivity index (χ4v) is 2.09. The summed E-state index contributed by atoms with van der Waals surface area (Å²) in [6, 6.07) is 14.8. The standard InChI is InChI=1S/C12H9OSi/c14-12-11(13-12)10-6-5-8-3-1-2-4-9(8)7-10/h1-7,11-12H/t11-,12+/m0/s1. The topological polar surface area (TPSA) is 12.5 Å². The predicted molar refractivity (Wildman–Crippen MR) is 57.3 cm³/mol. The second kappa shape index (κ2) is 2.94. The zero-order valence-electron chi connectivity index (χ0n) is 7.60. The van der Waals surface area contributed by atoms with Crippen LogP contribution in [0.3, 0.4) is 0 Å². The lowest BCUT2D eigenvalue weighted by Crippen LogP contribution is -1.86. The first kappa shape index (κ1) is 8.21. The second-order valence-corrected chi connectivity index (χ2v) is 4.15. The molecule has 0 unspecified atom stereocenters. The second-order valence-electron chi connectivity index (χ2n) is 3.58. The quantitative estimate of drug-likeness (QED) is 0.505. The molecule has 67 valence electrons. The molecule has 1 saturated heterocycles. The molecule has 2 aromatic rings. The number of benzene rings is 2. The van der Waals surface area contributed by atoms with Gasteiger partial charge in [0.05, 0.1) is 16.0 Å². The molecule has 1 heterocycles. The van der Waals surface area contributed by atoms with Gasteiger partial charge in [0.1, 0.15) is 6.10 Å². The summed E-state index contributed by atoms with van der Waals surface area (Å²) in [5, 5.41) is 2.56. The Labute approximate surface area is 86.1 Å². The van der Waals surface area contributed by atoms with Gasteiger partial charge < -0.3 is 4.74 Å². The zero-order chi connectivity index (χ0) is 9.54. The van der Waals surface area contributed by atoms with Gasteiger partial charge in [0, 0.05) is 0 Å². The summed E-state index contributed by atoms with van der Waals surface area (Å²) >= 11 is 0. The number of hydrogen-bond acceptors (Lipinski definition) is 1. The number of epoxide rings is 1. The Morgan fingerprint density at radius 1 is 1.00 bits per heavy atom. The van der Waals surface area contributed by atoms with E-state index in [1.54, 1.807) is 0 Å². The lowest BCUT2D eigenvalue weighted by molar-refractivity contribution is 0.404. The van der Waals surface area contributed by atoms with E-state index in [1.807, 2.05) is 0 Å². The van der Waals surface area contributed by atoms with E-state index in [4.69, 9.17) is 4.74 Å². The minimum Gasteiger partial charge on any atom is -0.369 e. The SMILES string of the molecule is [Si][C@H]1O[C@H]1c1ccc2ccccc2c1. The van der Waals surface area contributed by atoms with Crippen LogP contribution in [0.5, 0.6) is 0 Å². The van der Waals surface area contributed by atoms with Gasteiger partial charge in [-0.2, -0.15) is 0 Å². The highest BCUT2D eigenvalue weighted by molar-refractivity contribution is 6.13. The molecule has 2 atom stereocenters. The van der Waals surface area contributed by atoms with Crippen molar-refractivity contribution < 1.29 is 4.74 Å². The van der Waals surface area contributed by atoms with Gasteiger partial charge in [0.2, 0.25) is 0 Å². The zero-order valence-corrected chi connectivity index (χ0v) is 8.60. The summed E-state index contributed by atoms with van der Waals surface area (Å²) in [6.45, 7) is 0. The molecule has 2 heteroatoms. The van der Waals surface area contributed by atoms with E-state index < -0.39 is 0 Å². The molecule has 0 N–H and O–H groups in total. The van der Waals surface area contributed by atoms with E-state index in [9.17, 15) is 0 Å². The fourth-order valence-electron chi connectivity index (χ4n) is 1.75. The summed E-state index contributed by atoms with van der Waals surface area (Å²) in [7, 11) is 3.48. The number of ether oxygens (including phenoxy) is 1. The molecule has 1 aliphatic heterocycles. The van der Waals surface area contributed by atoms with E-state index >= 15 is 0 Å². The monoisotopic (exact) mass is 197 g/mol. The van der Waals surface area contributed by atoms with Crippen LogP contribution in [-0.2, 0) is 4.74 Å². The van der Waals surface area contributed by atoms with Crippen LogP contribution in [0.4, 0.5) is 0 Å². The summed E-state index contributed by atoms with van der Waals surface area (Å²) < 4.78 is 5.37. The lowest BCUT2D eigenvalue weighted by Gasteiger charge is -1.99. The third kappa shape index (κ3) is 1.27. The molecular weight excluding hydrogens is 188 g/mol. The Balaban J connectivity index is 2.11. The normalized spacial score (nSPS) is 25.2. The fraction of sp³-hybridized carbons (Fsp3) is 0.167. The molecule has 0 amide bonds. The molecule has 0 aromatic heterocycles. The Kier molecular flexibility index (Phi) is 1.72. The molecule has 0 aliphatic carbocycles. The van der Waals surface area contributed by atoms with Gasteiger partial charge in [0.25, 0.3) is 0 Å². The molecule has 1 fully saturated rings. The van der Waals surface area contributed by atoms with Crippen molar-refractivity contribution >= 4 is 21.0 Å². The van der Waals surface area contributed by atoms with Gasteiger partial charge >= 0.3 is 0 Å². The van der Waals surface area contributed by atoms with Gasteiger partial charge in [-0.3, -0.25) is 0 Å². The highest BCUT2D eigenvalue weighted by Crippen LogP contribution is 2.37. The third-order valence-corrected chi connectivity index (χ3v) is 3.03. The molecular formula is C12H9OSi. The molecule has 0 spiro atoms. The van der Waals surface area contributed by atoms with Crippen molar-refractivity contribution in [3.8, 4) is 0 Å². The van der Waals surface area contributed by atoms with E-state index in [0.717, 1.165) is 0 Å². The van der Waals surface area contributed by atoms with Gasteiger partial charge in [-0.15, -0.1) is 0 Å². The van der Waals surface area contributed by atoms with Crippen molar-refractivity contribution in [2.45, 2.75) is 11.8 Å². The van der Waals surface area contributed by atoms with Crippen LogP contribution in [0, 0.1) is 0 Å². The average Bonchev–Trinajstić information content (AvgIpc) is 2.95. The highest BCUT2D eigenvalue weighted by atomic mass is 28.1. The number of rotatable bonds is 1. The number of hydrogen-bond donors (Lipinski definition) is 0. The van der Waals surface area contributed by atoms with Crippen molar-refractivity contribution in [2.75, 3.05) is 0 Å². The third-order valence-electron chi connectivity index (χ3n) is 2.59. The van der Waals surface area contributed by atoms with Crippen LogP contribution < -0.4 is 0 Å². The van der Waals surface area contributed by atoms with Gasteiger partial charge in [0.15, 0.2) is 0 Å². The Hall–Kier alpha value is -1.12. The largest absolute Gasteiger partial charge is 0.369 e. The minimum atomic E-state index is 0.205. The van der Waals surface area contributed by atoms with Crippen molar-refractivity contribution in [3.63, 3.8) is 0 Å². The Bertz CT molecular complexity index is 480. The van der Waals surface area contributed by atoms with Crippen LogP contribution >= 0.6 is 0 Å². The maximum absolute atomic E-state index is 5.37. The van der Waals surface area contributed by atoms with E-state index in [0.29, 0.717) is 0 Å². The van der Waals surface area contributed by atoms with E-state index in [-0.39, 0.29) is 11.8 Å². The molecule has 1 nitrogen and oxygen atoms in total. The van der Waals surface area contributed by atoms with Crippen LogP contribution in [-0.4, -0.2) is 16.0 Å². The van der Waals surface area contributed by atoms with Crippen LogP contribution in [0.25, 0.3) is 10.8 Å². The van der Waals surface area contributed by atoms with Gasteiger partial charge in [-0.25, -0.2) is 0 Å². The summed E-state index contributed by atoms with van der Waals surface area (Å²) in [5.41, 5.74) is 1.46. The van der Waals surface area contributed by atoms with Gasteiger partial charge in [-0.1, -0.05) is 36.4 Å². The lowest BCUT2D eigenvalue weighted by atomic mass is 10.1. The first-order chi connectivity index (χ1) is 6.84. The average molecular weight is 197 g/mol. The van der Waals surface area contributed by atoms with E-state index in [1.165, 1.54) is 16.3 Å². The molecule has 0 saturated carbocycles. The predicted octanol–water partition coefficient (Wildman–Crippen LogP) is 2.41. The van der Waals surface area contributed by atoms with Crippen LogP contribution in [0.2, 0.25) is 0 Å². The van der Waals surface area contributed by atoms with Gasteiger partial charge in [-0.05, 0) is 22.4 Å². The van der Waals surface area contributed by atoms with Crippen LogP contribution in [0.1, 0.15) is 11.7 Å². The maximum Gasteiger partial charge on any atom is 0.105 e. The maximum atomic E-state index is 5.37. The Morgan fingerprint density at radius 2 is 1.71 bits per heavy atom. The Morgan fingerprint density at radius 3 is 2.43 bits per heavy atom. The number of fused-ring (bicyclic) bond motifs is 1. The molecule has 14 heavy (non-hydrogen) atoms. The summed E-state index contributed by atoms with van der Waals surface area (Å²) in [5.74, 6) is 0. The van der Waals surface area contributed by atoms with Crippen molar-refractivity contribution in [1.29, 1.82) is 0 Å². The molecule has 0 bridgehead atoms. The van der Waals surface area contributed by atoms with Crippen molar-refractivity contribution in [3.05, 3.63) is 48.0 Å². The molecule has 3 radical (unpaired) electrons. The van der Waals surface area contributed by atoms with E-state index in [2.05, 4.69) is 52.7 Å².